The average Bonchev–Trinajstić information content (AvgIpc) is 3.30. The van der Waals surface area contributed by atoms with Gasteiger partial charge < -0.3 is 10.7 Å². The van der Waals surface area contributed by atoms with Crippen LogP contribution in [0.2, 0.25) is 0 Å². The van der Waals surface area contributed by atoms with Crippen LogP contribution in [0.25, 0.3) is 22.3 Å². The number of imidazole rings is 1. The predicted octanol–water partition coefficient (Wildman–Crippen LogP) is 4.75. The highest BCUT2D eigenvalue weighted by molar-refractivity contribution is 5.80. The summed E-state index contributed by atoms with van der Waals surface area (Å²) in [5.74, 6) is 0.359. The number of carbonyl (C=O) groups is 1. The number of fused-ring (bicyclic) bond motifs is 1. The molecular formula is C30H29N5O2. The van der Waals surface area contributed by atoms with E-state index in [0.717, 1.165) is 35.0 Å². The van der Waals surface area contributed by atoms with Gasteiger partial charge in [-0.2, -0.15) is 0 Å². The van der Waals surface area contributed by atoms with Crippen LogP contribution < -0.4 is 11.3 Å². The lowest BCUT2D eigenvalue weighted by atomic mass is 10.1. The SMILES string of the molecule is Nc1nc2ccc(CCC(=O)Cn3c(-c4ccccc4)cnc(CCCc4ccccc4)c3=O)cc2[nH]1. The van der Waals surface area contributed by atoms with Crippen LogP contribution in [0.3, 0.4) is 0 Å². The second-order valence-corrected chi connectivity index (χ2v) is 9.20. The maximum absolute atomic E-state index is 13.5. The number of nitrogen functional groups attached to an aromatic ring is 1. The molecule has 7 heteroatoms. The monoisotopic (exact) mass is 491 g/mol. The van der Waals surface area contributed by atoms with Crippen LogP contribution in [0.1, 0.15) is 29.7 Å². The first kappa shape index (κ1) is 24.2. The molecule has 0 bridgehead atoms. The number of ketones is 1. The maximum atomic E-state index is 13.5. The largest absolute Gasteiger partial charge is 0.369 e. The Morgan fingerprint density at radius 1 is 0.892 bits per heavy atom. The second-order valence-electron chi connectivity index (χ2n) is 9.20. The van der Waals surface area contributed by atoms with E-state index in [1.54, 1.807) is 10.8 Å². The highest BCUT2D eigenvalue weighted by Gasteiger charge is 2.15. The molecular weight excluding hydrogens is 462 g/mol. The van der Waals surface area contributed by atoms with Gasteiger partial charge in [0.05, 0.1) is 29.5 Å². The van der Waals surface area contributed by atoms with Gasteiger partial charge in [-0.15, -0.1) is 0 Å². The van der Waals surface area contributed by atoms with E-state index in [1.807, 2.05) is 66.7 Å². The number of hydrogen-bond donors (Lipinski definition) is 2. The van der Waals surface area contributed by atoms with Crippen molar-refractivity contribution in [1.82, 2.24) is 19.5 Å². The van der Waals surface area contributed by atoms with Crippen LogP contribution in [0.4, 0.5) is 5.95 Å². The van der Waals surface area contributed by atoms with Crippen molar-refractivity contribution in [2.24, 2.45) is 0 Å². The van der Waals surface area contributed by atoms with E-state index in [2.05, 4.69) is 27.1 Å². The highest BCUT2D eigenvalue weighted by atomic mass is 16.1. The van der Waals surface area contributed by atoms with Crippen LogP contribution in [0, 0.1) is 0 Å². The van der Waals surface area contributed by atoms with Gasteiger partial charge in [0.1, 0.15) is 5.69 Å². The molecule has 186 valence electrons. The van der Waals surface area contributed by atoms with Gasteiger partial charge in [-0.05, 0) is 54.5 Å². The van der Waals surface area contributed by atoms with E-state index in [0.29, 0.717) is 36.6 Å². The van der Waals surface area contributed by atoms with Crippen LogP contribution in [0.15, 0.2) is 89.9 Å². The normalized spacial score (nSPS) is 11.1. The number of Topliss-reactive ketones (excluding diaryl/α,β-unsaturated/α-hetero) is 1. The third-order valence-electron chi connectivity index (χ3n) is 6.51. The lowest BCUT2D eigenvalue weighted by Crippen LogP contribution is -2.29. The smallest absolute Gasteiger partial charge is 0.273 e. The van der Waals surface area contributed by atoms with Crippen LogP contribution in [-0.2, 0) is 30.6 Å². The molecule has 0 unspecified atom stereocenters. The standard InChI is InChI=1S/C30H29N5O2/c31-30-33-25-17-15-22(18-27(25)34-30)14-16-24(36)20-35-28(23-11-5-2-6-12-23)19-32-26(29(35)37)13-7-10-21-8-3-1-4-9-21/h1-6,8-9,11-12,15,17-19H,7,10,13-14,16,20H2,(H3,31,33,34). The molecule has 5 aromatic rings. The van der Waals surface area contributed by atoms with E-state index >= 15 is 0 Å². The number of aryl methyl sites for hydroxylation is 3. The summed E-state index contributed by atoms with van der Waals surface area (Å²) in [6, 6.07) is 25.6. The summed E-state index contributed by atoms with van der Waals surface area (Å²) in [6.45, 7) is 0.0104. The number of nitrogens with zero attached hydrogens (tertiary/aromatic N) is 3. The zero-order chi connectivity index (χ0) is 25.6. The number of benzene rings is 3. The molecule has 0 saturated heterocycles. The minimum absolute atomic E-state index is 0.00932. The van der Waals surface area contributed by atoms with Gasteiger partial charge in [-0.3, -0.25) is 19.1 Å². The number of nitrogens with two attached hydrogens (primary N) is 1. The van der Waals surface area contributed by atoms with Gasteiger partial charge in [0.25, 0.3) is 5.56 Å². The second kappa shape index (κ2) is 11.0. The van der Waals surface area contributed by atoms with Crippen LogP contribution in [0.5, 0.6) is 0 Å². The summed E-state index contributed by atoms with van der Waals surface area (Å²) in [7, 11) is 0. The number of nitrogens with one attached hydrogen (secondary N) is 1. The van der Waals surface area contributed by atoms with Crippen molar-refractivity contribution in [2.75, 3.05) is 5.73 Å². The summed E-state index contributed by atoms with van der Waals surface area (Å²) < 4.78 is 1.58. The number of rotatable bonds is 10. The molecule has 0 aliphatic heterocycles. The molecule has 0 spiro atoms. The first-order valence-electron chi connectivity index (χ1n) is 12.5. The van der Waals surface area contributed by atoms with E-state index in [4.69, 9.17) is 5.73 Å². The van der Waals surface area contributed by atoms with Crippen molar-refractivity contribution >= 4 is 22.8 Å². The molecule has 3 N–H and O–H groups in total. The number of H-pyrrole nitrogens is 1. The zero-order valence-corrected chi connectivity index (χ0v) is 20.6. The number of hydrogen-bond acceptors (Lipinski definition) is 5. The van der Waals surface area contributed by atoms with Crippen LogP contribution >= 0.6 is 0 Å². The van der Waals surface area contributed by atoms with Crippen molar-refractivity contribution in [3.05, 3.63) is 112 Å². The average molecular weight is 492 g/mol. The fourth-order valence-electron chi connectivity index (χ4n) is 4.57. The molecule has 0 fully saturated rings. The Morgan fingerprint density at radius 2 is 1.65 bits per heavy atom. The minimum Gasteiger partial charge on any atom is -0.369 e. The van der Waals surface area contributed by atoms with Gasteiger partial charge in [0.15, 0.2) is 11.7 Å². The van der Waals surface area contributed by atoms with Gasteiger partial charge in [-0.1, -0.05) is 66.7 Å². The molecule has 3 aromatic carbocycles. The van der Waals surface area contributed by atoms with Crippen molar-refractivity contribution in [2.45, 2.75) is 38.6 Å². The minimum atomic E-state index is -0.197. The summed E-state index contributed by atoms with van der Waals surface area (Å²) in [4.78, 5) is 38.3. The Labute approximate surface area is 215 Å². The number of carbonyl (C=O) groups excluding carboxylic acids is 1. The molecule has 2 heterocycles. The summed E-state index contributed by atoms with van der Waals surface area (Å²) in [5.41, 5.74) is 11.4. The molecule has 2 aromatic heterocycles. The molecule has 0 saturated carbocycles. The summed E-state index contributed by atoms with van der Waals surface area (Å²) in [5, 5.41) is 0. The lowest BCUT2D eigenvalue weighted by Gasteiger charge is -2.14. The first-order valence-corrected chi connectivity index (χ1v) is 12.5. The topological polar surface area (TPSA) is 107 Å². The Bertz CT molecular complexity index is 1570. The first-order chi connectivity index (χ1) is 18.1. The number of anilines is 1. The molecule has 0 amide bonds. The third-order valence-corrected chi connectivity index (χ3v) is 6.51. The van der Waals surface area contributed by atoms with Crippen molar-refractivity contribution in [1.29, 1.82) is 0 Å². The molecule has 5 rings (SSSR count). The van der Waals surface area contributed by atoms with E-state index in [1.165, 1.54) is 5.56 Å². The number of aromatic nitrogens is 4. The number of aromatic amines is 1. The van der Waals surface area contributed by atoms with Gasteiger partial charge in [0, 0.05) is 6.42 Å². The fraction of sp³-hybridized carbons (Fsp3) is 0.200. The van der Waals surface area contributed by atoms with Crippen molar-refractivity contribution < 1.29 is 4.79 Å². The molecule has 0 atom stereocenters. The van der Waals surface area contributed by atoms with Crippen molar-refractivity contribution in [3.63, 3.8) is 0 Å². The van der Waals surface area contributed by atoms with Crippen molar-refractivity contribution in [3.8, 4) is 11.3 Å². The fourth-order valence-corrected chi connectivity index (χ4v) is 4.57. The van der Waals surface area contributed by atoms with Gasteiger partial charge in [0.2, 0.25) is 0 Å². The van der Waals surface area contributed by atoms with Gasteiger partial charge in [-0.25, -0.2) is 4.98 Å². The Kier molecular flexibility index (Phi) is 7.21. The highest BCUT2D eigenvalue weighted by Crippen LogP contribution is 2.19. The molecule has 0 radical (unpaired) electrons. The lowest BCUT2D eigenvalue weighted by molar-refractivity contribution is -0.119. The Morgan fingerprint density at radius 3 is 2.43 bits per heavy atom. The van der Waals surface area contributed by atoms with Crippen LogP contribution in [-0.4, -0.2) is 25.3 Å². The van der Waals surface area contributed by atoms with Gasteiger partial charge >= 0.3 is 0 Å². The molecule has 7 nitrogen and oxygen atoms in total. The zero-order valence-electron chi connectivity index (χ0n) is 20.6. The van der Waals surface area contributed by atoms with E-state index in [-0.39, 0.29) is 17.9 Å². The summed E-state index contributed by atoms with van der Waals surface area (Å²) in [6.07, 6.45) is 4.85. The molecule has 37 heavy (non-hydrogen) atoms. The molecule has 0 aliphatic rings. The Hall–Kier alpha value is -4.52. The van der Waals surface area contributed by atoms with E-state index in [9.17, 15) is 9.59 Å². The summed E-state index contributed by atoms with van der Waals surface area (Å²) >= 11 is 0. The quantitative estimate of drug-likeness (QED) is 0.293. The third kappa shape index (κ3) is 5.83. The maximum Gasteiger partial charge on any atom is 0.273 e. The van der Waals surface area contributed by atoms with E-state index < -0.39 is 0 Å². The molecule has 0 aliphatic carbocycles. The predicted molar refractivity (Wildman–Crippen MR) is 146 cm³/mol. The Balaban J connectivity index is 1.33.